The monoisotopic (exact) mass is 206 g/mol. The summed E-state index contributed by atoms with van der Waals surface area (Å²) in [5, 5.41) is 0. The molecule has 0 radical (unpaired) electrons. The summed E-state index contributed by atoms with van der Waals surface area (Å²) in [7, 11) is 0. The Morgan fingerprint density at radius 3 is 2.31 bits per heavy atom. The van der Waals surface area contributed by atoms with Gasteiger partial charge in [0.15, 0.2) is 5.78 Å². The average Bonchev–Trinajstić information content (AvgIpc) is 2.39. The summed E-state index contributed by atoms with van der Waals surface area (Å²) in [5.41, 5.74) is 2.03. The SMILES string of the molecule is C#Cc1cccc(C(=O)c2ccccc2)c1. The summed E-state index contributed by atoms with van der Waals surface area (Å²) in [6, 6.07) is 16.3. The minimum Gasteiger partial charge on any atom is -0.289 e. The van der Waals surface area contributed by atoms with Crippen molar-refractivity contribution >= 4 is 5.78 Å². The number of carbonyl (C=O) groups excluding carboxylic acids is 1. The molecule has 1 heteroatoms. The maximum atomic E-state index is 12.0. The van der Waals surface area contributed by atoms with E-state index in [4.69, 9.17) is 6.42 Å². The normalized spacial score (nSPS) is 9.44. The highest BCUT2D eigenvalue weighted by Gasteiger charge is 2.07. The van der Waals surface area contributed by atoms with Gasteiger partial charge in [-0.15, -0.1) is 6.42 Å². The van der Waals surface area contributed by atoms with E-state index in [1.807, 2.05) is 24.3 Å². The van der Waals surface area contributed by atoms with Crippen molar-refractivity contribution in [2.24, 2.45) is 0 Å². The van der Waals surface area contributed by atoms with Crippen molar-refractivity contribution in [1.29, 1.82) is 0 Å². The third-order valence-electron chi connectivity index (χ3n) is 2.33. The second kappa shape index (κ2) is 4.46. The van der Waals surface area contributed by atoms with Crippen LogP contribution in [0.1, 0.15) is 21.5 Å². The highest BCUT2D eigenvalue weighted by molar-refractivity contribution is 6.09. The molecule has 2 aromatic rings. The lowest BCUT2D eigenvalue weighted by Crippen LogP contribution is -2.00. The molecule has 76 valence electrons. The summed E-state index contributed by atoms with van der Waals surface area (Å²) < 4.78 is 0. The number of hydrogen-bond acceptors (Lipinski definition) is 1. The fraction of sp³-hybridized carbons (Fsp3) is 0. The molecule has 0 atom stereocenters. The minimum absolute atomic E-state index is 0.00213. The Balaban J connectivity index is 2.39. The van der Waals surface area contributed by atoms with E-state index in [2.05, 4.69) is 5.92 Å². The molecule has 0 bridgehead atoms. The van der Waals surface area contributed by atoms with E-state index in [9.17, 15) is 4.79 Å². The Bertz CT molecular complexity index is 547. The van der Waals surface area contributed by atoms with Crippen LogP contribution in [0.2, 0.25) is 0 Å². The molecule has 0 aliphatic rings. The van der Waals surface area contributed by atoms with Crippen molar-refractivity contribution in [3.8, 4) is 12.3 Å². The van der Waals surface area contributed by atoms with E-state index in [0.717, 1.165) is 5.56 Å². The van der Waals surface area contributed by atoms with E-state index in [-0.39, 0.29) is 5.78 Å². The van der Waals surface area contributed by atoms with Crippen LogP contribution in [0.4, 0.5) is 0 Å². The molecule has 2 aromatic carbocycles. The smallest absolute Gasteiger partial charge is 0.193 e. The first-order valence-electron chi connectivity index (χ1n) is 4.97. The predicted octanol–water partition coefficient (Wildman–Crippen LogP) is 2.90. The largest absolute Gasteiger partial charge is 0.289 e. The fourth-order valence-corrected chi connectivity index (χ4v) is 1.51. The molecule has 0 aromatic heterocycles. The molecule has 0 N–H and O–H groups in total. The van der Waals surface area contributed by atoms with Crippen molar-refractivity contribution in [3.63, 3.8) is 0 Å². The zero-order chi connectivity index (χ0) is 11.4. The second-order valence-corrected chi connectivity index (χ2v) is 3.42. The zero-order valence-corrected chi connectivity index (χ0v) is 8.68. The number of carbonyl (C=O) groups is 1. The van der Waals surface area contributed by atoms with Gasteiger partial charge in [0, 0.05) is 16.7 Å². The molecule has 0 unspecified atom stereocenters. The van der Waals surface area contributed by atoms with Gasteiger partial charge in [-0.2, -0.15) is 0 Å². The van der Waals surface area contributed by atoms with Crippen molar-refractivity contribution in [3.05, 3.63) is 71.3 Å². The van der Waals surface area contributed by atoms with Crippen LogP contribution < -0.4 is 0 Å². The first-order valence-corrected chi connectivity index (χ1v) is 4.97. The molecule has 0 aliphatic carbocycles. The minimum atomic E-state index is -0.00213. The Morgan fingerprint density at radius 2 is 1.62 bits per heavy atom. The van der Waals surface area contributed by atoms with Crippen molar-refractivity contribution in [2.45, 2.75) is 0 Å². The highest BCUT2D eigenvalue weighted by Crippen LogP contribution is 2.11. The van der Waals surface area contributed by atoms with Crippen molar-refractivity contribution in [1.82, 2.24) is 0 Å². The summed E-state index contributed by atoms with van der Waals surface area (Å²) in [4.78, 5) is 12.0. The molecule has 1 nitrogen and oxygen atoms in total. The van der Waals surface area contributed by atoms with Gasteiger partial charge in [0.05, 0.1) is 0 Å². The number of terminal acetylenes is 1. The van der Waals surface area contributed by atoms with Gasteiger partial charge in [0.2, 0.25) is 0 Å². The lowest BCUT2D eigenvalue weighted by atomic mass is 10.0. The third kappa shape index (κ3) is 2.02. The number of hydrogen-bond donors (Lipinski definition) is 0. The Hall–Kier alpha value is -2.33. The molecular weight excluding hydrogens is 196 g/mol. The van der Waals surface area contributed by atoms with Gasteiger partial charge < -0.3 is 0 Å². The highest BCUT2D eigenvalue weighted by atomic mass is 16.1. The maximum Gasteiger partial charge on any atom is 0.193 e. The van der Waals surface area contributed by atoms with Crippen LogP contribution >= 0.6 is 0 Å². The van der Waals surface area contributed by atoms with Crippen molar-refractivity contribution in [2.75, 3.05) is 0 Å². The van der Waals surface area contributed by atoms with Crippen LogP contribution in [0, 0.1) is 12.3 Å². The van der Waals surface area contributed by atoms with Gasteiger partial charge in [0.1, 0.15) is 0 Å². The van der Waals surface area contributed by atoms with E-state index in [1.165, 1.54) is 0 Å². The van der Waals surface area contributed by atoms with Crippen LogP contribution in [-0.4, -0.2) is 5.78 Å². The lowest BCUT2D eigenvalue weighted by molar-refractivity contribution is 0.103. The average molecular weight is 206 g/mol. The summed E-state index contributed by atoms with van der Waals surface area (Å²) in [6.07, 6.45) is 5.30. The summed E-state index contributed by atoms with van der Waals surface area (Å²) >= 11 is 0. The van der Waals surface area contributed by atoms with E-state index < -0.39 is 0 Å². The van der Waals surface area contributed by atoms with Gasteiger partial charge in [-0.25, -0.2) is 0 Å². The second-order valence-electron chi connectivity index (χ2n) is 3.42. The van der Waals surface area contributed by atoms with E-state index in [0.29, 0.717) is 11.1 Å². The quantitative estimate of drug-likeness (QED) is 0.545. The molecule has 0 saturated carbocycles. The first-order chi connectivity index (χ1) is 7.81. The number of rotatable bonds is 2. The molecule has 16 heavy (non-hydrogen) atoms. The Morgan fingerprint density at radius 1 is 0.938 bits per heavy atom. The number of ketones is 1. The molecule has 0 spiro atoms. The fourth-order valence-electron chi connectivity index (χ4n) is 1.51. The maximum absolute atomic E-state index is 12.0. The molecule has 2 rings (SSSR count). The van der Waals surface area contributed by atoms with Crippen LogP contribution in [-0.2, 0) is 0 Å². The lowest BCUT2D eigenvalue weighted by Gasteiger charge is -2.01. The topological polar surface area (TPSA) is 17.1 Å². The molecule has 0 saturated heterocycles. The molecular formula is C15H10O. The summed E-state index contributed by atoms with van der Waals surface area (Å²) in [5.74, 6) is 2.52. The molecule has 0 fully saturated rings. The van der Waals surface area contributed by atoms with Crippen molar-refractivity contribution < 1.29 is 4.79 Å². The van der Waals surface area contributed by atoms with Crippen LogP contribution in [0.5, 0.6) is 0 Å². The molecule has 0 amide bonds. The van der Waals surface area contributed by atoms with Gasteiger partial charge >= 0.3 is 0 Å². The molecule has 0 aliphatic heterocycles. The number of benzene rings is 2. The standard InChI is InChI=1S/C15H10O/c1-2-12-7-6-10-14(11-12)15(16)13-8-4-3-5-9-13/h1,3-11H. The Kier molecular flexibility index (Phi) is 2.84. The zero-order valence-electron chi connectivity index (χ0n) is 8.68. The van der Waals surface area contributed by atoms with Crippen LogP contribution in [0.3, 0.4) is 0 Å². The van der Waals surface area contributed by atoms with E-state index in [1.54, 1.807) is 30.3 Å². The third-order valence-corrected chi connectivity index (χ3v) is 2.33. The molecule has 0 heterocycles. The van der Waals surface area contributed by atoms with Gasteiger partial charge in [-0.05, 0) is 12.1 Å². The Labute approximate surface area is 94.7 Å². The van der Waals surface area contributed by atoms with E-state index >= 15 is 0 Å². The van der Waals surface area contributed by atoms with Crippen LogP contribution in [0.25, 0.3) is 0 Å². The van der Waals surface area contributed by atoms with Gasteiger partial charge in [-0.3, -0.25) is 4.79 Å². The summed E-state index contributed by atoms with van der Waals surface area (Å²) in [6.45, 7) is 0. The first kappa shape index (κ1) is 10.2. The van der Waals surface area contributed by atoms with Gasteiger partial charge in [0.25, 0.3) is 0 Å². The van der Waals surface area contributed by atoms with Gasteiger partial charge in [-0.1, -0.05) is 48.4 Å². The predicted molar refractivity (Wildman–Crippen MR) is 64.3 cm³/mol. The van der Waals surface area contributed by atoms with Crippen LogP contribution in [0.15, 0.2) is 54.6 Å².